The van der Waals surface area contributed by atoms with Crippen LogP contribution in [0.2, 0.25) is 0 Å². The number of anilines is 1. The van der Waals surface area contributed by atoms with Gasteiger partial charge in [-0.1, -0.05) is 12.1 Å². The van der Waals surface area contributed by atoms with E-state index in [1.807, 2.05) is 36.4 Å². The number of aliphatic hydroxyl groups is 1. The summed E-state index contributed by atoms with van der Waals surface area (Å²) in [5.74, 6) is 0.469. The number of carbonyl (C=O) groups is 2. The van der Waals surface area contributed by atoms with Crippen LogP contribution in [-0.2, 0) is 14.3 Å². The van der Waals surface area contributed by atoms with Crippen molar-refractivity contribution in [2.75, 3.05) is 39.2 Å². The van der Waals surface area contributed by atoms with Crippen molar-refractivity contribution < 1.29 is 24.2 Å². The molecule has 3 aromatic rings. The van der Waals surface area contributed by atoms with Crippen LogP contribution >= 0.6 is 0 Å². The van der Waals surface area contributed by atoms with E-state index in [9.17, 15) is 14.7 Å². The molecule has 4 rings (SSSR count). The van der Waals surface area contributed by atoms with Crippen molar-refractivity contribution in [1.82, 2.24) is 14.9 Å². The third-order valence-electron chi connectivity index (χ3n) is 5.05. The molecule has 0 bridgehead atoms. The fraction of sp³-hybridized carbons (Fsp3) is 0.227. The first kappa shape index (κ1) is 20.4. The highest BCUT2D eigenvalue weighted by Crippen LogP contribution is 2.27. The Morgan fingerprint density at radius 2 is 2.10 bits per heavy atom. The summed E-state index contributed by atoms with van der Waals surface area (Å²) < 4.78 is 10.1. The van der Waals surface area contributed by atoms with Gasteiger partial charge in [-0.2, -0.15) is 0 Å². The molecule has 9 heteroatoms. The van der Waals surface area contributed by atoms with Crippen molar-refractivity contribution in [2.45, 2.75) is 0 Å². The second-order valence-corrected chi connectivity index (χ2v) is 6.97. The summed E-state index contributed by atoms with van der Waals surface area (Å²) in [6, 6.07) is 13.0. The number of methoxy groups -OCH3 is 2. The molecule has 0 fully saturated rings. The SMILES string of the molecule is COC(=O)C1=C(Nc2ccc3nc(-c4cccc(OC)c4)[nH]c3c2)C(=O)N(CCO)C1. The molecule has 0 saturated carbocycles. The van der Waals surface area contributed by atoms with Gasteiger partial charge in [-0.3, -0.25) is 4.79 Å². The number of β-amino-alcohol motifs (C(OH)–C–C–N with tert-alkyl or cyclic N) is 1. The highest BCUT2D eigenvalue weighted by atomic mass is 16.5. The van der Waals surface area contributed by atoms with E-state index in [1.54, 1.807) is 13.2 Å². The number of carbonyl (C=O) groups excluding carboxylic acids is 2. The zero-order valence-corrected chi connectivity index (χ0v) is 17.1. The Bertz CT molecular complexity index is 1180. The van der Waals surface area contributed by atoms with E-state index >= 15 is 0 Å². The van der Waals surface area contributed by atoms with Gasteiger partial charge in [0.15, 0.2) is 0 Å². The summed E-state index contributed by atoms with van der Waals surface area (Å²) >= 11 is 0. The Labute approximate surface area is 178 Å². The van der Waals surface area contributed by atoms with Gasteiger partial charge in [0, 0.05) is 17.8 Å². The van der Waals surface area contributed by atoms with E-state index in [4.69, 9.17) is 9.47 Å². The molecule has 2 heterocycles. The molecular formula is C22H22N4O5. The van der Waals surface area contributed by atoms with Crippen LogP contribution in [0.3, 0.4) is 0 Å². The number of aromatic nitrogens is 2. The topological polar surface area (TPSA) is 117 Å². The van der Waals surface area contributed by atoms with Gasteiger partial charge in [0.2, 0.25) is 0 Å². The van der Waals surface area contributed by atoms with Crippen LogP contribution in [0.15, 0.2) is 53.7 Å². The van der Waals surface area contributed by atoms with Gasteiger partial charge in [-0.15, -0.1) is 0 Å². The first-order valence-corrected chi connectivity index (χ1v) is 9.67. The third kappa shape index (κ3) is 3.95. The van der Waals surface area contributed by atoms with Crippen molar-refractivity contribution in [2.24, 2.45) is 0 Å². The minimum Gasteiger partial charge on any atom is -0.497 e. The molecule has 0 unspecified atom stereocenters. The maximum absolute atomic E-state index is 12.7. The lowest BCUT2D eigenvalue weighted by atomic mass is 10.2. The van der Waals surface area contributed by atoms with Crippen LogP contribution in [-0.4, -0.2) is 65.8 Å². The Kier molecular flexibility index (Phi) is 5.59. The number of ether oxygens (including phenoxy) is 2. The van der Waals surface area contributed by atoms with Gasteiger partial charge in [0.05, 0.1) is 44.0 Å². The molecule has 3 N–H and O–H groups in total. The van der Waals surface area contributed by atoms with E-state index < -0.39 is 5.97 Å². The summed E-state index contributed by atoms with van der Waals surface area (Å²) in [5.41, 5.74) is 3.39. The van der Waals surface area contributed by atoms with Crippen LogP contribution in [0.1, 0.15) is 0 Å². The van der Waals surface area contributed by atoms with E-state index in [1.165, 1.54) is 12.0 Å². The van der Waals surface area contributed by atoms with Crippen molar-refractivity contribution >= 4 is 28.6 Å². The van der Waals surface area contributed by atoms with Crippen molar-refractivity contribution in [1.29, 1.82) is 0 Å². The molecular weight excluding hydrogens is 400 g/mol. The number of H-pyrrole nitrogens is 1. The number of esters is 1. The molecule has 0 atom stereocenters. The smallest absolute Gasteiger partial charge is 0.337 e. The number of nitrogens with one attached hydrogen (secondary N) is 2. The Morgan fingerprint density at radius 1 is 1.26 bits per heavy atom. The molecule has 0 aliphatic carbocycles. The van der Waals surface area contributed by atoms with Gasteiger partial charge < -0.3 is 29.8 Å². The first-order chi connectivity index (χ1) is 15.0. The molecule has 9 nitrogen and oxygen atoms in total. The summed E-state index contributed by atoms with van der Waals surface area (Å²) in [6.07, 6.45) is 0. The molecule has 0 radical (unpaired) electrons. The van der Waals surface area contributed by atoms with Crippen LogP contribution in [0.4, 0.5) is 5.69 Å². The normalized spacial score (nSPS) is 13.8. The fourth-order valence-corrected chi connectivity index (χ4v) is 3.49. The number of imidazole rings is 1. The number of aliphatic hydroxyl groups excluding tert-OH is 1. The maximum Gasteiger partial charge on any atom is 0.337 e. The Morgan fingerprint density at radius 3 is 2.84 bits per heavy atom. The minimum absolute atomic E-state index is 0.0840. The van der Waals surface area contributed by atoms with Gasteiger partial charge in [-0.25, -0.2) is 9.78 Å². The Balaban J connectivity index is 1.65. The standard InChI is InChI=1S/C22H22N4O5/c1-30-15-5-3-4-13(10-15)20-24-17-7-6-14(11-18(17)25-20)23-19-16(22(29)31-2)12-26(8-9-27)21(19)28/h3-7,10-11,23,27H,8-9,12H2,1-2H3,(H,24,25). The number of fused-ring (bicyclic) bond motifs is 1. The monoisotopic (exact) mass is 422 g/mol. The van der Waals surface area contributed by atoms with Crippen molar-refractivity contribution in [3.63, 3.8) is 0 Å². The fourth-order valence-electron chi connectivity index (χ4n) is 3.49. The molecule has 1 aliphatic heterocycles. The zero-order chi connectivity index (χ0) is 22.0. The number of amides is 1. The summed E-state index contributed by atoms with van der Waals surface area (Å²) in [6.45, 7) is 0.0231. The average Bonchev–Trinajstić information content (AvgIpc) is 3.35. The van der Waals surface area contributed by atoms with Crippen LogP contribution in [0, 0.1) is 0 Å². The number of hydrogen-bond donors (Lipinski definition) is 3. The summed E-state index contributed by atoms with van der Waals surface area (Å²) in [5, 5.41) is 12.2. The lowest BCUT2D eigenvalue weighted by Crippen LogP contribution is -2.31. The molecule has 160 valence electrons. The number of hydrogen-bond acceptors (Lipinski definition) is 7. The number of benzene rings is 2. The van der Waals surface area contributed by atoms with E-state index in [2.05, 4.69) is 15.3 Å². The lowest BCUT2D eigenvalue weighted by molar-refractivity contribution is -0.136. The van der Waals surface area contributed by atoms with E-state index in [-0.39, 0.29) is 36.9 Å². The van der Waals surface area contributed by atoms with E-state index in [0.717, 1.165) is 22.3 Å². The number of aromatic amines is 1. The summed E-state index contributed by atoms with van der Waals surface area (Å²) in [7, 11) is 2.88. The molecule has 1 aliphatic rings. The second-order valence-electron chi connectivity index (χ2n) is 6.97. The highest BCUT2D eigenvalue weighted by Gasteiger charge is 2.34. The second kappa shape index (κ2) is 8.49. The molecule has 0 saturated heterocycles. The number of nitrogens with zero attached hydrogens (tertiary/aromatic N) is 2. The predicted molar refractivity (Wildman–Crippen MR) is 114 cm³/mol. The van der Waals surface area contributed by atoms with Crippen LogP contribution in [0.5, 0.6) is 5.75 Å². The minimum atomic E-state index is -0.584. The lowest BCUT2D eigenvalue weighted by Gasteiger charge is -2.15. The maximum atomic E-state index is 12.7. The van der Waals surface area contributed by atoms with Crippen LogP contribution < -0.4 is 10.1 Å². The van der Waals surface area contributed by atoms with Crippen molar-refractivity contribution in [3.8, 4) is 17.1 Å². The number of rotatable bonds is 7. The highest BCUT2D eigenvalue weighted by molar-refractivity contribution is 6.08. The van der Waals surface area contributed by atoms with Crippen LogP contribution in [0.25, 0.3) is 22.4 Å². The average molecular weight is 422 g/mol. The van der Waals surface area contributed by atoms with Crippen molar-refractivity contribution in [3.05, 3.63) is 53.7 Å². The van der Waals surface area contributed by atoms with Gasteiger partial charge in [-0.05, 0) is 30.3 Å². The molecule has 1 amide bonds. The van der Waals surface area contributed by atoms with E-state index in [0.29, 0.717) is 11.5 Å². The zero-order valence-electron chi connectivity index (χ0n) is 17.1. The molecule has 1 aromatic heterocycles. The largest absolute Gasteiger partial charge is 0.497 e. The Hall–Kier alpha value is -3.85. The third-order valence-corrected chi connectivity index (χ3v) is 5.05. The van der Waals surface area contributed by atoms with Gasteiger partial charge in [0.25, 0.3) is 5.91 Å². The van der Waals surface area contributed by atoms with Gasteiger partial charge >= 0.3 is 5.97 Å². The van der Waals surface area contributed by atoms with Gasteiger partial charge in [0.1, 0.15) is 17.3 Å². The molecule has 31 heavy (non-hydrogen) atoms. The quantitative estimate of drug-likeness (QED) is 0.498. The first-order valence-electron chi connectivity index (χ1n) is 9.67. The molecule has 2 aromatic carbocycles. The molecule has 0 spiro atoms. The predicted octanol–water partition coefficient (Wildman–Crippen LogP) is 1.91. The summed E-state index contributed by atoms with van der Waals surface area (Å²) in [4.78, 5) is 34.1.